The van der Waals surface area contributed by atoms with Crippen LogP contribution in [-0.4, -0.2) is 13.2 Å². The normalized spacial score (nSPS) is 8.58. The van der Waals surface area contributed by atoms with Crippen molar-refractivity contribution in [2.24, 2.45) is 5.73 Å². The van der Waals surface area contributed by atoms with Crippen molar-refractivity contribution in [1.29, 1.82) is 0 Å². The Labute approximate surface area is 69.2 Å². The lowest BCUT2D eigenvalue weighted by Crippen LogP contribution is -2.06. The average molecular weight is 190 g/mol. The number of hydrogen-bond donors (Lipinski definition) is 1. The molecule has 0 aromatic rings. The molecule has 0 aliphatic carbocycles. The van der Waals surface area contributed by atoms with Crippen LogP contribution in [-0.2, 0) is 4.79 Å². The number of nitrogens with two attached hydrogens (primary N) is 1. The molecule has 0 unspecified atom stereocenters. The van der Waals surface area contributed by atoms with E-state index in [0.29, 0.717) is 6.42 Å². The van der Waals surface area contributed by atoms with Crippen molar-refractivity contribution in [2.45, 2.75) is 27.2 Å². The van der Waals surface area contributed by atoms with E-state index >= 15 is 0 Å². The van der Waals surface area contributed by atoms with Gasteiger partial charge >= 0.3 is 7.25 Å². The van der Waals surface area contributed by atoms with E-state index in [9.17, 15) is 22.1 Å². The first-order valence-electron chi connectivity index (χ1n) is 3.43. The minimum absolute atomic E-state index is 0.245. The van der Waals surface area contributed by atoms with Crippen LogP contribution in [0.1, 0.15) is 27.2 Å². The van der Waals surface area contributed by atoms with Crippen LogP contribution >= 0.6 is 0 Å². The summed E-state index contributed by atoms with van der Waals surface area (Å²) < 4.78 is 39.0. The van der Waals surface area contributed by atoms with Gasteiger partial charge < -0.3 is 23.0 Å². The maximum Gasteiger partial charge on any atom is 0.673 e. The SMILES string of the molecule is CC.CCC(N)=O.F[B-](F)(F)F. The smallest absolute Gasteiger partial charge is 0.418 e. The lowest BCUT2D eigenvalue weighted by Gasteiger charge is -1.94. The van der Waals surface area contributed by atoms with Gasteiger partial charge in [-0.05, 0) is 0 Å². The van der Waals surface area contributed by atoms with E-state index in [4.69, 9.17) is 0 Å². The lowest BCUT2D eigenvalue weighted by atomic mass is 10.3. The van der Waals surface area contributed by atoms with Gasteiger partial charge in [0.1, 0.15) is 0 Å². The average Bonchev–Trinajstić information content (AvgIpc) is 1.89. The molecule has 12 heavy (non-hydrogen) atoms. The molecule has 0 aromatic heterocycles. The molecule has 0 aliphatic heterocycles. The number of carbonyl (C=O) groups excluding carboxylic acids is 1. The first kappa shape index (κ1) is 17.4. The van der Waals surface area contributed by atoms with Crippen molar-refractivity contribution in [3.63, 3.8) is 0 Å². The van der Waals surface area contributed by atoms with Crippen LogP contribution in [0.2, 0.25) is 0 Å². The summed E-state index contributed by atoms with van der Waals surface area (Å²) in [5, 5.41) is 0. The largest absolute Gasteiger partial charge is 0.673 e. The molecule has 0 bridgehead atoms. The topological polar surface area (TPSA) is 43.1 Å². The van der Waals surface area contributed by atoms with Gasteiger partial charge in [-0.3, -0.25) is 4.79 Å². The van der Waals surface area contributed by atoms with Crippen LogP contribution in [0.4, 0.5) is 17.3 Å². The fourth-order valence-corrected chi connectivity index (χ4v) is 0. The van der Waals surface area contributed by atoms with E-state index in [2.05, 4.69) is 5.73 Å². The summed E-state index contributed by atoms with van der Waals surface area (Å²) in [5.74, 6) is -0.245. The summed E-state index contributed by atoms with van der Waals surface area (Å²) in [7, 11) is -6.00. The summed E-state index contributed by atoms with van der Waals surface area (Å²) in [6.07, 6.45) is 0.444. The van der Waals surface area contributed by atoms with Crippen LogP contribution in [0.5, 0.6) is 0 Å². The van der Waals surface area contributed by atoms with E-state index in [1.807, 2.05) is 13.8 Å². The molecule has 0 heterocycles. The zero-order chi connectivity index (χ0) is 10.8. The predicted molar refractivity (Wildman–Crippen MR) is 41.0 cm³/mol. The van der Waals surface area contributed by atoms with E-state index in [1.54, 1.807) is 6.92 Å². The second-order valence-corrected chi connectivity index (χ2v) is 1.31. The Balaban J connectivity index is -0.000000112. The molecule has 0 aromatic carbocycles. The number of halogens is 4. The molecule has 0 spiro atoms. The van der Waals surface area contributed by atoms with E-state index in [-0.39, 0.29) is 5.91 Å². The van der Waals surface area contributed by atoms with Crippen molar-refractivity contribution >= 4 is 13.2 Å². The van der Waals surface area contributed by atoms with Crippen molar-refractivity contribution in [3.05, 3.63) is 0 Å². The van der Waals surface area contributed by atoms with Crippen LogP contribution in [0.15, 0.2) is 0 Å². The maximum atomic E-state index is 9.75. The molecule has 0 saturated heterocycles. The highest BCUT2D eigenvalue weighted by Crippen LogP contribution is 2.06. The number of hydrogen-bond acceptors (Lipinski definition) is 1. The third-order valence-electron chi connectivity index (χ3n) is 0.348. The minimum Gasteiger partial charge on any atom is -0.418 e. The predicted octanol–water partition coefficient (Wildman–Crippen LogP) is 2.21. The Morgan fingerprint density at radius 1 is 1.25 bits per heavy atom. The molecule has 0 fully saturated rings. The third-order valence-corrected chi connectivity index (χ3v) is 0.348. The molecule has 0 aliphatic rings. The second-order valence-electron chi connectivity index (χ2n) is 1.31. The van der Waals surface area contributed by atoms with Gasteiger partial charge in [0, 0.05) is 6.42 Å². The van der Waals surface area contributed by atoms with Gasteiger partial charge in [-0.1, -0.05) is 20.8 Å². The van der Waals surface area contributed by atoms with Crippen LogP contribution in [0.3, 0.4) is 0 Å². The van der Waals surface area contributed by atoms with E-state index < -0.39 is 7.25 Å². The molecule has 76 valence electrons. The van der Waals surface area contributed by atoms with Crippen molar-refractivity contribution < 1.29 is 22.1 Å². The summed E-state index contributed by atoms with van der Waals surface area (Å²) in [4.78, 5) is 9.59. The zero-order valence-electron chi connectivity index (χ0n) is 7.28. The number of rotatable bonds is 1. The van der Waals surface area contributed by atoms with Gasteiger partial charge in [0.2, 0.25) is 5.91 Å². The minimum atomic E-state index is -6.00. The van der Waals surface area contributed by atoms with Gasteiger partial charge in [0.15, 0.2) is 0 Å². The van der Waals surface area contributed by atoms with E-state index in [1.165, 1.54) is 0 Å². The van der Waals surface area contributed by atoms with Gasteiger partial charge in [-0.2, -0.15) is 0 Å². The molecule has 0 radical (unpaired) electrons. The molecule has 0 atom stereocenters. The Hall–Kier alpha value is -0.745. The van der Waals surface area contributed by atoms with Crippen LogP contribution < -0.4 is 5.73 Å². The molecule has 2 N–H and O–H groups in total. The highest BCUT2D eigenvalue weighted by atomic mass is 19.5. The van der Waals surface area contributed by atoms with Crippen molar-refractivity contribution in [1.82, 2.24) is 0 Å². The standard InChI is InChI=1S/C3H7NO.C2H6.BF4/c1-2-3(4)5;1-2;2-1(3,4)5/h2H2,1H3,(H2,4,5);1-2H3;/q;;-1. The van der Waals surface area contributed by atoms with Crippen molar-refractivity contribution in [3.8, 4) is 0 Å². The molecule has 0 saturated carbocycles. The summed E-state index contributed by atoms with van der Waals surface area (Å²) in [6, 6.07) is 0. The Kier molecular flexibility index (Phi) is 14.8. The van der Waals surface area contributed by atoms with E-state index in [0.717, 1.165) is 0 Å². The quantitative estimate of drug-likeness (QED) is 0.499. The molecule has 2 nitrogen and oxygen atoms in total. The van der Waals surface area contributed by atoms with Gasteiger partial charge in [-0.25, -0.2) is 0 Å². The first-order chi connectivity index (χ1) is 5.27. The Morgan fingerprint density at radius 2 is 1.33 bits per heavy atom. The molecule has 1 amide bonds. The number of primary amides is 1. The zero-order valence-corrected chi connectivity index (χ0v) is 7.28. The fourth-order valence-electron chi connectivity index (χ4n) is 0. The van der Waals surface area contributed by atoms with Crippen LogP contribution in [0, 0.1) is 0 Å². The van der Waals surface area contributed by atoms with Gasteiger partial charge in [0.25, 0.3) is 0 Å². The third kappa shape index (κ3) is 400. The second kappa shape index (κ2) is 10.3. The Bertz CT molecular complexity index is 100. The Morgan fingerprint density at radius 3 is 1.33 bits per heavy atom. The van der Waals surface area contributed by atoms with Crippen molar-refractivity contribution in [2.75, 3.05) is 0 Å². The summed E-state index contributed by atoms with van der Waals surface area (Å²) >= 11 is 0. The molecular formula is C5H13BF4NO-. The molecule has 0 rings (SSSR count). The fraction of sp³-hybridized carbons (Fsp3) is 0.800. The van der Waals surface area contributed by atoms with Gasteiger partial charge in [-0.15, -0.1) is 0 Å². The summed E-state index contributed by atoms with van der Waals surface area (Å²) in [6.45, 7) is 5.72. The van der Waals surface area contributed by atoms with Crippen LogP contribution in [0.25, 0.3) is 0 Å². The number of amides is 1. The number of carbonyl (C=O) groups is 1. The molecular weight excluding hydrogens is 177 g/mol. The first-order valence-corrected chi connectivity index (χ1v) is 3.43. The highest BCUT2D eigenvalue weighted by molar-refractivity contribution is 6.50. The summed E-state index contributed by atoms with van der Waals surface area (Å²) in [5.41, 5.74) is 4.65. The lowest BCUT2D eigenvalue weighted by molar-refractivity contribution is -0.117. The molecule has 7 heteroatoms. The maximum absolute atomic E-state index is 9.75. The van der Waals surface area contributed by atoms with Gasteiger partial charge in [0.05, 0.1) is 0 Å². The highest BCUT2D eigenvalue weighted by Gasteiger charge is 2.20. The monoisotopic (exact) mass is 190 g/mol.